The molecule has 0 fully saturated rings. The van der Waals surface area contributed by atoms with Crippen LogP contribution in [-0.2, 0) is 42.7 Å². The minimum atomic E-state index is -3.69. The van der Waals surface area contributed by atoms with E-state index < -0.39 is 10.0 Å². The van der Waals surface area contributed by atoms with Gasteiger partial charge in [0.1, 0.15) is 0 Å². The van der Waals surface area contributed by atoms with E-state index in [1.807, 2.05) is 6.07 Å². The largest absolute Gasteiger partial charge is 0.307 e. The zero-order chi connectivity index (χ0) is 15.0. The molecule has 0 aliphatic carbocycles. The zero-order valence-electron chi connectivity index (χ0n) is 11.9. The number of carbonyl (C=O) groups is 1. The minimum Gasteiger partial charge on any atom is -0.307 e. The number of benzene rings is 2. The fourth-order valence-corrected chi connectivity index (χ4v) is 3.48. The van der Waals surface area contributed by atoms with E-state index in [9.17, 15) is 13.2 Å². The van der Waals surface area contributed by atoms with Gasteiger partial charge in [0.25, 0.3) is 10.0 Å². The summed E-state index contributed by atoms with van der Waals surface area (Å²) in [5, 5.41) is 0.737. The Hall–Kier alpha value is -1.30. The van der Waals surface area contributed by atoms with Crippen LogP contribution < -0.4 is 0 Å². The molecule has 0 aliphatic rings. The van der Waals surface area contributed by atoms with Gasteiger partial charge in [-0.1, -0.05) is 30.5 Å². The Morgan fingerprint density at radius 1 is 1.05 bits per heavy atom. The summed E-state index contributed by atoms with van der Waals surface area (Å²) in [7, 11) is -3.69. The van der Waals surface area contributed by atoms with E-state index in [1.54, 1.807) is 18.2 Å². The van der Waals surface area contributed by atoms with Gasteiger partial charge >= 0.3 is 0 Å². The van der Waals surface area contributed by atoms with E-state index in [-0.39, 0.29) is 43.4 Å². The van der Waals surface area contributed by atoms with Crippen LogP contribution in [0.4, 0.5) is 0 Å². The Labute approximate surface area is 154 Å². The summed E-state index contributed by atoms with van der Waals surface area (Å²) in [6.07, 6.45) is 1.42. The van der Waals surface area contributed by atoms with Crippen LogP contribution in [-0.4, -0.2) is 18.2 Å². The summed E-state index contributed by atoms with van der Waals surface area (Å²) in [6.45, 7) is 1.44. The second-order valence-corrected chi connectivity index (χ2v) is 6.49. The first-order valence-electron chi connectivity index (χ1n) is 6.34. The Kier molecular flexibility index (Phi) is 5.00. The average Bonchev–Trinajstić information content (AvgIpc) is 2.92. The van der Waals surface area contributed by atoms with Crippen molar-refractivity contribution in [2.45, 2.75) is 11.8 Å². The number of para-hydroxylation sites is 1. The van der Waals surface area contributed by atoms with Crippen LogP contribution >= 0.6 is 0 Å². The van der Waals surface area contributed by atoms with Crippen LogP contribution in [0.3, 0.4) is 0 Å². The smallest absolute Gasteiger partial charge is 0.256 e. The summed E-state index contributed by atoms with van der Waals surface area (Å²) < 4.78 is 26.5. The fraction of sp³-hybridized carbons (Fsp3) is 0.0625. The van der Waals surface area contributed by atoms with E-state index in [2.05, 4.69) is 6.07 Å². The van der Waals surface area contributed by atoms with Gasteiger partial charge in [0.05, 0.1) is 4.90 Å². The van der Waals surface area contributed by atoms with Crippen LogP contribution in [0.5, 0.6) is 0 Å². The molecule has 3 rings (SSSR count). The van der Waals surface area contributed by atoms with E-state index >= 15 is 0 Å². The number of fused-ring (bicyclic) bond motifs is 1. The van der Waals surface area contributed by atoms with Crippen LogP contribution in [0.25, 0.3) is 10.9 Å². The van der Waals surface area contributed by atoms with Gasteiger partial charge in [-0.25, -0.2) is 8.42 Å². The van der Waals surface area contributed by atoms with Gasteiger partial charge < -0.3 is 3.97 Å². The summed E-state index contributed by atoms with van der Waals surface area (Å²) in [4.78, 5) is 11.4. The van der Waals surface area contributed by atoms with Crippen LogP contribution in [0.15, 0.2) is 59.6 Å². The maximum absolute atomic E-state index is 12.6. The SMILES string of the molecule is CC(=O)c1ccc(S(=O)(=O)n2c[c-]c3ccccc32)cc1.[Y]. The van der Waals surface area contributed by atoms with Crippen molar-refractivity contribution >= 4 is 26.7 Å². The maximum atomic E-state index is 12.6. The topological polar surface area (TPSA) is 56.1 Å². The van der Waals surface area contributed by atoms with Crippen LogP contribution in [0, 0.1) is 6.07 Å². The van der Waals surface area contributed by atoms with Gasteiger partial charge in [0.2, 0.25) is 0 Å². The molecule has 0 aliphatic heterocycles. The van der Waals surface area contributed by atoms with Crippen molar-refractivity contribution in [3.63, 3.8) is 0 Å². The molecule has 0 bridgehead atoms. The molecule has 109 valence electrons. The Morgan fingerprint density at radius 3 is 2.32 bits per heavy atom. The minimum absolute atomic E-state index is 0. The second kappa shape index (κ2) is 6.44. The molecule has 1 heterocycles. The molecule has 0 amide bonds. The first kappa shape index (κ1) is 17.1. The van der Waals surface area contributed by atoms with Gasteiger partial charge in [0, 0.05) is 38.3 Å². The third kappa shape index (κ3) is 2.93. The molecule has 1 radical (unpaired) electrons. The monoisotopic (exact) mass is 387 g/mol. The fourth-order valence-electron chi connectivity index (χ4n) is 2.16. The zero-order valence-corrected chi connectivity index (χ0v) is 15.5. The van der Waals surface area contributed by atoms with Crippen molar-refractivity contribution in [3.05, 3.63) is 66.4 Å². The average molecular weight is 387 g/mol. The summed E-state index contributed by atoms with van der Waals surface area (Å²) in [5.41, 5.74) is 1.06. The van der Waals surface area contributed by atoms with Crippen molar-refractivity contribution in [1.82, 2.24) is 3.97 Å². The second-order valence-electron chi connectivity index (χ2n) is 4.67. The number of nitrogens with zero attached hydrogens (tertiary/aromatic N) is 1. The van der Waals surface area contributed by atoms with E-state index in [4.69, 9.17) is 0 Å². The quantitative estimate of drug-likeness (QED) is 0.513. The van der Waals surface area contributed by atoms with Gasteiger partial charge in [-0.3, -0.25) is 4.79 Å². The van der Waals surface area contributed by atoms with Gasteiger partial charge in [0.15, 0.2) is 5.78 Å². The molecule has 4 nitrogen and oxygen atoms in total. The van der Waals surface area contributed by atoms with Crippen LogP contribution in [0.2, 0.25) is 0 Å². The molecule has 0 saturated carbocycles. The summed E-state index contributed by atoms with van der Waals surface area (Å²) in [6, 6.07) is 16.0. The molecule has 0 saturated heterocycles. The van der Waals surface area contributed by atoms with Gasteiger partial charge in [-0.15, -0.1) is 6.07 Å². The van der Waals surface area contributed by atoms with Gasteiger partial charge in [-0.05, 0) is 24.6 Å². The number of ketones is 1. The van der Waals surface area contributed by atoms with Crippen molar-refractivity contribution in [2.24, 2.45) is 0 Å². The number of hydrogen-bond donors (Lipinski definition) is 0. The molecule has 0 N–H and O–H groups in total. The number of Topliss-reactive ketones (excluding diaryl/α,β-unsaturated/α-hetero) is 1. The molecule has 0 unspecified atom stereocenters. The summed E-state index contributed by atoms with van der Waals surface area (Å²) >= 11 is 0. The predicted octanol–water partition coefficient (Wildman–Crippen LogP) is 2.88. The summed E-state index contributed by atoms with van der Waals surface area (Å²) in [5.74, 6) is -0.0984. The molecular formula is C16H12NO3SY-. The maximum Gasteiger partial charge on any atom is 0.256 e. The number of carbonyl (C=O) groups excluding carboxylic acids is 1. The van der Waals surface area contributed by atoms with Crippen molar-refractivity contribution in [3.8, 4) is 0 Å². The Bertz CT molecular complexity index is 927. The number of aromatic nitrogens is 1. The molecule has 1 aromatic heterocycles. The van der Waals surface area contributed by atoms with Crippen LogP contribution in [0.1, 0.15) is 17.3 Å². The normalized spacial score (nSPS) is 11.1. The molecule has 0 spiro atoms. The van der Waals surface area contributed by atoms with E-state index in [0.29, 0.717) is 11.1 Å². The number of hydrogen-bond acceptors (Lipinski definition) is 3. The molecule has 2 aromatic carbocycles. The molecule has 6 heteroatoms. The predicted molar refractivity (Wildman–Crippen MR) is 79.8 cm³/mol. The van der Waals surface area contributed by atoms with Crippen molar-refractivity contribution in [1.29, 1.82) is 0 Å². The third-order valence-corrected chi connectivity index (χ3v) is 4.98. The van der Waals surface area contributed by atoms with Crippen molar-refractivity contribution < 1.29 is 45.9 Å². The van der Waals surface area contributed by atoms with Crippen molar-refractivity contribution in [2.75, 3.05) is 0 Å². The van der Waals surface area contributed by atoms with E-state index in [1.165, 1.54) is 41.4 Å². The molecule has 22 heavy (non-hydrogen) atoms. The number of rotatable bonds is 3. The molecular weight excluding hydrogens is 375 g/mol. The third-order valence-electron chi connectivity index (χ3n) is 3.30. The molecule has 3 aromatic rings. The Balaban J connectivity index is 0.00000176. The standard InChI is InChI=1S/C16H12NO3S.Y/c1-12(18)13-6-8-15(9-7-13)21(19,20)17-11-10-14-4-2-3-5-16(14)17;/h2-9,11H,1H3;/q-1;. The van der Waals surface area contributed by atoms with Gasteiger partial charge in [-0.2, -0.15) is 17.5 Å². The first-order valence-corrected chi connectivity index (χ1v) is 7.78. The first-order chi connectivity index (χ1) is 10.00. The van der Waals surface area contributed by atoms with E-state index in [0.717, 1.165) is 5.39 Å². The molecule has 0 atom stereocenters. The Morgan fingerprint density at radius 2 is 1.68 bits per heavy atom.